The molecule has 3 aromatic carbocycles. The molecule has 5 rings (SSSR count). The standard InChI is InChI=1S/C26H20FN3O3/c27-20-10-3-2-8-18(20)23-19-9-5-7-17-14-15-30(24(17)19)26(33)25(29-23)28-22(32)13-12-16-6-1-4-11-21(16)31/h1-13,25,31H,14-15H2,(H,28,32)/b13-12+/t25-/m0/s1. The van der Waals surface area contributed by atoms with E-state index in [1.54, 1.807) is 41.3 Å². The first-order valence-corrected chi connectivity index (χ1v) is 10.6. The van der Waals surface area contributed by atoms with Gasteiger partial charge in [-0.3, -0.25) is 9.59 Å². The smallest absolute Gasteiger partial charge is 0.272 e. The van der Waals surface area contributed by atoms with Crippen LogP contribution in [0.3, 0.4) is 0 Å². The van der Waals surface area contributed by atoms with Gasteiger partial charge in [-0.15, -0.1) is 0 Å². The van der Waals surface area contributed by atoms with Crippen molar-refractivity contribution in [3.8, 4) is 5.75 Å². The SMILES string of the molecule is O=C(/C=C/c1ccccc1O)N[C@H]1N=C(c2ccccc2F)c2cccc3c2N(CC3)C1=O. The number of amides is 2. The van der Waals surface area contributed by atoms with Gasteiger partial charge in [0.05, 0.1) is 11.4 Å². The second-order valence-electron chi connectivity index (χ2n) is 7.81. The highest BCUT2D eigenvalue weighted by molar-refractivity contribution is 6.21. The van der Waals surface area contributed by atoms with E-state index in [0.717, 1.165) is 5.56 Å². The average Bonchev–Trinajstić information content (AvgIpc) is 3.21. The Bertz CT molecular complexity index is 1330. The number of aliphatic imine (C=N–C) groups is 1. The van der Waals surface area contributed by atoms with E-state index < -0.39 is 17.9 Å². The Hall–Kier alpha value is -4.26. The maximum atomic E-state index is 14.7. The molecule has 0 aliphatic carbocycles. The molecule has 2 aliphatic heterocycles. The summed E-state index contributed by atoms with van der Waals surface area (Å²) in [6.45, 7) is 0.464. The van der Waals surface area contributed by atoms with E-state index in [2.05, 4.69) is 10.3 Å². The maximum absolute atomic E-state index is 14.7. The number of nitrogens with zero attached hydrogens (tertiary/aromatic N) is 2. The Morgan fingerprint density at radius 2 is 1.82 bits per heavy atom. The van der Waals surface area contributed by atoms with Crippen molar-refractivity contribution in [1.29, 1.82) is 0 Å². The van der Waals surface area contributed by atoms with Crippen LogP contribution >= 0.6 is 0 Å². The fourth-order valence-corrected chi connectivity index (χ4v) is 4.21. The van der Waals surface area contributed by atoms with Gasteiger partial charge < -0.3 is 15.3 Å². The van der Waals surface area contributed by atoms with Crippen LogP contribution in [-0.4, -0.2) is 35.3 Å². The quantitative estimate of drug-likeness (QED) is 0.609. The highest BCUT2D eigenvalue weighted by atomic mass is 19.1. The van der Waals surface area contributed by atoms with Crippen molar-refractivity contribution in [1.82, 2.24) is 5.32 Å². The van der Waals surface area contributed by atoms with Crippen LogP contribution in [0.25, 0.3) is 6.08 Å². The number of halogens is 1. The van der Waals surface area contributed by atoms with Gasteiger partial charge >= 0.3 is 0 Å². The predicted octanol–water partition coefficient (Wildman–Crippen LogP) is 3.43. The number of para-hydroxylation sites is 2. The predicted molar refractivity (Wildman–Crippen MR) is 124 cm³/mol. The molecule has 6 nitrogen and oxygen atoms in total. The van der Waals surface area contributed by atoms with E-state index in [4.69, 9.17) is 0 Å². The van der Waals surface area contributed by atoms with E-state index in [1.165, 1.54) is 24.3 Å². The molecular formula is C26H20FN3O3. The van der Waals surface area contributed by atoms with E-state index in [1.807, 2.05) is 18.2 Å². The number of hydrogen-bond donors (Lipinski definition) is 2. The highest BCUT2D eigenvalue weighted by Crippen LogP contribution is 2.36. The van der Waals surface area contributed by atoms with Gasteiger partial charge in [-0.1, -0.05) is 48.5 Å². The van der Waals surface area contributed by atoms with Crippen LogP contribution in [0.15, 0.2) is 77.8 Å². The van der Waals surface area contributed by atoms with E-state index in [9.17, 15) is 19.1 Å². The summed E-state index contributed by atoms with van der Waals surface area (Å²) < 4.78 is 14.7. The molecule has 164 valence electrons. The summed E-state index contributed by atoms with van der Waals surface area (Å²) in [5.41, 5.74) is 3.40. The number of carbonyl (C=O) groups is 2. The van der Waals surface area contributed by atoms with Crippen molar-refractivity contribution in [2.24, 2.45) is 4.99 Å². The van der Waals surface area contributed by atoms with Crippen molar-refractivity contribution in [3.05, 3.63) is 101 Å². The molecule has 2 N–H and O–H groups in total. The van der Waals surface area contributed by atoms with Crippen LogP contribution < -0.4 is 10.2 Å². The zero-order valence-electron chi connectivity index (χ0n) is 17.5. The van der Waals surface area contributed by atoms with Gasteiger partial charge in [0.25, 0.3) is 5.91 Å². The Morgan fingerprint density at radius 1 is 1.06 bits per heavy atom. The van der Waals surface area contributed by atoms with Crippen LogP contribution in [0.5, 0.6) is 5.75 Å². The first-order chi connectivity index (χ1) is 16.0. The first kappa shape index (κ1) is 20.6. The minimum Gasteiger partial charge on any atom is -0.507 e. The van der Waals surface area contributed by atoms with Crippen molar-refractivity contribution < 1.29 is 19.1 Å². The number of benzene rings is 3. The molecule has 7 heteroatoms. The number of rotatable bonds is 4. The molecule has 2 heterocycles. The Kier molecular flexibility index (Phi) is 5.22. The first-order valence-electron chi connectivity index (χ1n) is 10.6. The molecular weight excluding hydrogens is 421 g/mol. The number of phenols is 1. The van der Waals surface area contributed by atoms with Crippen molar-refractivity contribution in [3.63, 3.8) is 0 Å². The lowest BCUT2D eigenvalue weighted by Crippen LogP contribution is -2.46. The van der Waals surface area contributed by atoms with Gasteiger partial charge in [-0.05, 0) is 36.3 Å². The molecule has 0 spiro atoms. The fraction of sp³-hybridized carbons (Fsp3) is 0.115. The second-order valence-corrected chi connectivity index (χ2v) is 7.81. The van der Waals surface area contributed by atoms with Crippen LogP contribution in [0.4, 0.5) is 10.1 Å². The van der Waals surface area contributed by atoms with Crippen LogP contribution in [-0.2, 0) is 16.0 Å². The number of anilines is 1. The highest BCUT2D eigenvalue weighted by Gasteiger charge is 2.37. The molecule has 2 amide bonds. The van der Waals surface area contributed by atoms with Gasteiger partial charge in [0.15, 0.2) is 0 Å². The lowest BCUT2D eigenvalue weighted by molar-refractivity contribution is -0.125. The minimum absolute atomic E-state index is 0.0343. The zero-order valence-corrected chi connectivity index (χ0v) is 17.5. The molecule has 0 saturated heterocycles. The van der Waals surface area contributed by atoms with E-state index >= 15 is 0 Å². The van der Waals surface area contributed by atoms with Gasteiger partial charge in [0.1, 0.15) is 11.6 Å². The molecule has 2 aliphatic rings. The summed E-state index contributed by atoms with van der Waals surface area (Å²) in [5, 5.41) is 12.5. The third kappa shape index (κ3) is 3.78. The largest absolute Gasteiger partial charge is 0.507 e. The summed E-state index contributed by atoms with van der Waals surface area (Å²) in [6.07, 6.45) is 2.14. The lowest BCUT2D eigenvalue weighted by Gasteiger charge is -2.20. The van der Waals surface area contributed by atoms with E-state index in [-0.39, 0.29) is 17.2 Å². The Balaban J connectivity index is 1.54. The molecule has 33 heavy (non-hydrogen) atoms. The number of carbonyl (C=O) groups excluding carboxylic acids is 2. The number of aromatic hydroxyl groups is 1. The van der Waals surface area contributed by atoms with Gasteiger partial charge in [0, 0.05) is 29.3 Å². The van der Waals surface area contributed by atoms with Gasteiger partial charge in [-0.2, -0.15) is 0 Å². The normalized spacial score (nSPS) is 17.0. The van der Waals surface area contributed by atoms with Crippen LogP contribution in [0.1, 0.15) is 22.3 Å². The van der Waals surface area contributed by atoms with Crippen LogP contribution in [0, 0.1) is 5.82 Å². The summed E-state index contributed by atoms with van der Waals surface area (Å²) >= 11 is 0. The minimum atomic E-state index is -1.22. The molecule has 0 aromatic heterocycles. The molecule has 0 saturated carbocycles. The monoisotopic (exact) mass is 441 g/mol. The summed E-state index contributed by atoms with van der Waals surface area (Å²) in [7, 11) is 0. The molecule has 1 atom stereocenters. The number of hydrogen-bond acceptors (Lipinski definition) is 4. The van der Waals surface area contributed by atoms with Crippen molar-refractivity contribution in [2.45, 2.75) is 12.6 Å². The van der Waals surface area contributed by atoms with Crippen molar-refractivity contribution in [2.75, 3.05) is 11.4 Å². The summed E-state index contributed by atoms with van der Waals surface area (Å²) in [6, 6.07) is 18.5. The second kappa shape index (κ2) is 8.35. The Morgan fingerprint density at radius 3 is 2.64 bits per heavy atom. The molecule has 0 fully saturated rings. The summed E-state index contributed by atoms with van der Waals surface area (Å²) in [4.78, 5) is 32.1. The van der Waals surface area contributed by atoms with Gasteiger partial charge in [0.2, 0.25) is 12.1 Å². The van der Waals surface area contributed by atoms with Crippen LogP contribution in [0.2, 0.25) is 0 Å². The fourth-order valence-electron chi connectivity index (χ4n) is 4.21. The molecule has 0 bridgehead atoms. The molecule has 0 radical (unpaired) electrons. The maximum Gasteiger partial charge on any atom is 0.272 e. The third-order valence-electron chi connectivity index (χ3n) is 5.77. The van der Waals surface area contributed by atoms with Crippen molar-refractivity contribution >= 4 is 29.3 Å². The summed E-state index contributed by atoms with van der Waals surface area (Å²) in [5.74, 6) is -1.36. The zero-order chi connectivity index (χ0) is 22.9. The topological polar surface area (TPSA) is 82.0 Å². The lowest BCUT2D eigenvalue weighted by atomic mass is 9.98. The third-order valence-corrected chi connectivity index (χ3v) is 5.77. The number of nitrogens with one attached hydrogen (secondary N) is 1. The number of phenolic OH excluding ortho intramolecular Hbond substituents is 1. The molecule has 0 unspecified atom stereocenters. The van der Waals surface area contributed by atoms with E-state index in [0.29, 0.717) is 35.5 Å². The van der Waals surface area contributed by atoms with Gasteiger partial charge in [-0.25, -0.2) is 9.38 Å². The molecule has 3 aromatic rings. The Labute approximate surface area is 189 Å². The average molecular weight is 441 g/mol.